The highest BCUT2D eigenvalue weighted by molar-refractivity contribution is 6.42. The molecule has 2 heterocycles. The number of hydrogen-bond donors (Lipinski definition) is 1. The van der Waals surface area contributed by atoms with Crippen molar-refractivity contribution in [2.75, 3.05) is 5.32 Å². The predicted octanol–water partition coefficient (Wildman–Crippen LogP) is 5.69. The molecule has 0 saturated heterocycles. The Bertz CT molecular complexity index is 1090. The SMILES string of the molecule is Cc1nn(-c2ccccc2)cc1-c1ccnc(Nc2ccc(Cl)c(Cl)c2)n1. The monoisotopic (exact) mass is 395 g/mol. The standard InChI is InChI=1S/C20H15Cl2N5/c1-13-16(12-27(26-13)15-5-3-2-4-6-15)19-9-10-23-20(25-19)24-14-7-8-17(21)18(22)11-14/h2-12H,1H3,(H,23,24,25). The van der Waals surface area contributed by atoms with E-state index in [0.29, 0.717) is 16.0 Å². The minimum Gasteiger partial charge on any atom is -0.324 e. The molecule has 0 atom stereocenters. The summed E-state index contributed by atoms with van der Waals surface area (Å²) in [5.41, 5.74) is 4.37. The Balaban J connectivity index is 1.64. The lowest BCUT2D eigenvalue weighted by Gasteiger charge is -2.07. The van der Waals surface area contributed by atoms with Gasteiger partial charge in [0.05, 0.1) is 27.1 Å². The fourth-order valence-corrected chi connectivity index (χ4v) is 2.99. The van der Waals surface area contributed by atoms with Crippen LogP contribution in [0.15, 0.2) is 67.0 Å². The quantitative estimate of drug-likeness (QED) is 0.482. The van der Waals surface area contributed by atoms with Gasteiger partial charge in [0, 0.05) is 23.6 Å². The number of anilines is 2. The van der Waals surface area contributed by atoms with Crippen LogP contribution in [0, 0.1) is 6.92 Å². The third-order valence-electron chi connectivity index (χ3n) is 4.03. The number of nitrogens with zero attached hydrogens (tertiary/aromatic N) is 4. The lowest BCUT2D eigenvalue weighted by Crippen LogP contribution is -1.98. The molecule has 0 fully saturated rings. The van der Waals surface area contributed by atoms with Gasteiger partial charge in [0.1, 0.15) is 0 Å². The van der Waals surface area contributed by atoms with E-state index < -0.39 is 0 Å². The first kappa shape index (κ1) is 17.5. The molecule has 0 radical (unpaired) electrons. The van der Waals surface area contributed by atoms with Gasteiger partial charge in [-0.1, -0.05) is 41.4 Å². The van der Waals surface area contributed by atoms with Gasteiger partial charge in [-0.25, -0.2) is 14.6 Å². The van der Waals surface area contributed by atoms with E-state index in [1.807, 2.05) is 60.3 Å². The van der Waals surface area contributed by atoms with Crippen LogP contribution in [0.1, 0.15) is 5.69 Å². The van der Waals surface area contributed by atoms with Crippen LogP contribution in [0.25, 0.3) is 16.9 Å². The van der Waals surface area contributed by atoms with Gasteiger partial charge in [0.25, 0.3) is 0 Å². The number of benzene rings is 2. The molecular weight excluding hydrogens is 381 g/mol. The highest BCUT2D eigenvalue weighted by Crippen LogP contribution is 2.27. The first-order valence-electron chi connectivity index (χ1n) is 8.27. The van der Waals surface area contributed by atoms with E-state index in [4.69, 9.17) is 23.2 Å². The Labute approximate surface area is 166 Å². The highest BCUT2D eigenvalue weighted by atomic mass is 35.5. The first-order valence-corrected chi connectivity index (χ1v) is 9.03. The topological polar surface area (TPSA) is 55.6 Å². The molecule has 0 spiro atoms. The van der Waals surface area contributed by atoms with Gasteiger partial charge >= 0.3 is 0 Å². The van der Waals surface area contributed by atoms with Gasteiger partial charge in [-0.15, -0.1) is 0 Å². The molecule has 0 saturated carbocycles. The van der Waals surface area contributed by atoms with Crippen LogP contribution in [-0.2, 0) is 0 Å². The summed E-state index contributed by atoms with van der Waals surface area (Å²) in [5, 5.41) is 8.71. The highest BCUT2D eigenvalue weighted by Gasteiger charge is 2.11. The van der Waals surface area contributed by atoms with Crippen molar-refractivity contribution >= 4 is 34.8 Å². The number of halogens is 2. The van der Waals surface area contributed by atoms with Crippen LogP contribution in [-0.4, -0.2) is 19.7 Å². The van der Waals surface area contributed by atoms with Crippen LogP contribution in [0.2, 0.25) is 10.0 Å². The maximum absolute atomic E-state index is 6.07. The average Bonchev–Trinajstić information content (AvgIpc) is 3.07. The number of rotatable bonds is 4. The molecule has 2 aromatic heterocycles. The van der Waals surface area contributed by atoms with Crippen molar-refractivity contribution in [1.82, 2.24) is 19.7 Å². The van der Waals surface area contributed by atoms with Crippen molar-refractivity contribution in [3.63, 3.8) is 0 Å². The fourth-order valence-electron chi connectivity index (χ4n) is 2.70. The minimum absolute atomic E-state index is 0.470. The Kier molecular flexibility index (Phi) is 4.79. The average molecular weight is 396 g/mol. The van der Waals surface area contributed by atoms with E-state index in [1.54, 1.807) is 18.3 Å². The van der Waals surface area contributed by atoms with Gasteiger partial charge in [0.2, 0.25) is 5.95 Å². The Morgan fingerprint density at radius 3 is 2.56 bits per heavy atom. The summed E-state index contributed by atoms with van der Waals surface area (Å²) in [5.74, 6) is 0.470. The molecule has 4 rings (SSSR count). The van der Waals surface area contributed by atoms with Crippen molar-refractivity contribution in [2.45, 2.75) is 6.92 Å². The van der Waals surface area contributed by atoms with E-state index in [0.717, 1.165) is 28.3 Å². The molecular formula is C20H15Cl2N5. The van der Waals surface area contributed by atoms with Crippen molar-refractivity contribution in [2.24, 2.45) is 0 Å². The summed E-state index contributed by atoms with van der Waals surface area (Å²) in [7, 11) is 0. The van der Waals surface area contributed by atoms with Gasteiger partial charge in [-0.05, 0) is 43.3 Å². The molecule has 27 heavy (non-hydrogen) atoms. The zero-order valence-corrected chi connectivity index (χ0v) is 15.9. The van der Waals surface area contributed by atoms with E-state index in [1.165, 1.54) is 0 Å². The van der Waals surface area contributed by atoms with Crippen LogP contribution < -0.4 is 5.32 Å². The summed E-state index contributed by atoms with van der Waals surface area (Å²) < 4.78 is 1.85. The Morgan fingerprint density at radius 2 is 1.78 bits per heavy atom. The van der Waals surface area contributed by atoms with E-state index in [-0.39, 0.29) is 0 Å². The van der Waals surface area contributed by atoms with Crippen LogP contribution in [0.4, 0.5) is 11.6 Å². The van der Waals surface area contributed by atoms with Gasteiger partial charge in [-0.3, -0.25) is 0 Å². The molecule has 2 aromatic carbocycles. The summed E-state index contributed by atoms with van der Waals surface area (Å²) in [4.78, 5) is 8.89. The molecule has 1 N–H and O–H groups in total. The zero-order chi connectivity index (χ0) is 18.8. The maximum atomic E-state index is 6.07. The second-order valence-electron chi connectivity index (χ2n) is 5.93. The molecule has 5 nitrogen and oxygen atoms in total. The van der Waals surface area contributed by atoms with E-state index in [9.17, 15) is 0 Å². The molecule has 4 aromatic rings. The van der Waals surface area contributed by atoms with Crippen LogP contribution >= 0.6 is 23.2 Å². The number of aryl methyl sites for hydroxylation is 1. The van der Waals surface area contributed by atoms with E-state index in [2.05, 4.69) is 20.4 Å². The zero-order valence-electron chi connectivity index (χ0n) is 14.4. The summed E-state index contributed by atoms with van der Waals surface area (Å²) >= 11 is 12.0. The summed E-state index contributed by atoms with van der Waals surface area (Å²) in [6.07, 6.45) is 3.68. The van der Waals surface area contributed by atoms with Crippen molar-refractivity contribution in [3.05, 3.63) is 82.7 Å². The summed E-state index contributed by atoms with van der Waals surface area (Å²) in [6, 6.07) is 17.1. The first-order chi connectivity index (χ1) is 13.1. The number of aromatic nitrogens is 4. The third kappa shape index (κ3) is 3.79. The predicted molar refractivity (Wildman–Crippen MR) is 109 cm³/mol. The normalized spacial score (nSPS) is 10.8. The molecule has 7 heteroatoms. The number of para-hydroxylation sites is 1. The molecule has 0 aliphatic carbocycles. The summed E-state index contributed by atoms with van der Waals surface area (Å²) in [6.45, 7) is 1.96. The van der Waals surface area contributed by atoms with Crippen molar-refractivity contribution < 1.29 is 0 Å². The Hall–Kier alpha value is -2.89. The minimum atomic E-state index is 0.470. The van der Waals surface area contributed by atoms with Crippen LogP contribution in [0.3, 0.4) is 0 Å². The van der Waals surface area contributed by atoms with Gasteiger partial charge in [-0.2, -0.15) is 5.10 Å². The molecule has 134 valence electrons. The molecule has 0 unspecified atom stereocenters. The van der Waals surface area contributed by atoms with Crippen molar-refractivity contribution in [1.29, 1.82) is 0 Å². The Morgan fingerprint density at radius 1 is 0.963 bits per heavy atom. The van der Waals surface area contributed by atoms with Gasteiger partial charge < -0.3 is 5.32 Å². The van der Waals surface area contributed by atoms with Gasteiger partial charge in [0.15, 0.2) is 0 Å². The molecule has 0 bridgehead atoms. The van der Waals surface area contributed by atoms with Crippen LogP contribution in [0.5, 0.6) is 0 Å². The number of hydrogen-bond acceptors (Lipinski definition) is 4. The second kappa shape index (κ2) is 7.39. The molecule has 0 aliphatic rings. The largest absolute Gasteiger partial charge is 0.324 e. The lowest BCUT2D eigenvalue weighted by molar-refractivity contribution is 0.863. The third-order valence-corrected chi connectivity index (χ3v) is 4.77. The smallest absolute Gasteiger partial charge is 0.227 e. The second-order valence-corrected chi connectivity index (χ2v) is 6.74. The molecule has 0 aliphatic heterocycles. The fraction of sp³-hybridized carbons (Fsp3) is 0.0500. The van der Waals surface area contributed by atoms with E-state index >= 15 is 0 Å². The molecule has 0 amide bonds. The maximum Gasteiger partial charge on any atom is 0.227 e. The lowest BCUT2D eigenvalue weighted by atomic mass is 10.2. The number of nitrogens with one attached hydrogen (secondary N) is 1. The van der Waals surface area contributed by atoms with Crippen molar-refractivity contribution in [3.8, 4) is 16.9 Å².